The SMILES string of the molecule is O=C(NCc1cc(F)cc(C(F)(F)F)c1)[C@@]1(Cc2ccccc2)COC(c2ccc(OCCCO)cc2)=N1. The highest BCUT2D eigenvalue weighted by Crippen LogP contribution is 2.31. The normalized spacial score (nSPS) is 17.0. The van der Waals surface area contributed by atoms with Crippen LogP contribution < -0.4 is 10.1 Å². The van der Waals surface area contributed by atoms with Crippen molar-refractivity contribution in [2.24, 2.45) is 4.99 Å². The van der Waals surface area contributed by atoms with Crippen molar-refractivity contribution in [3.05, 3.63) is 101 Å². The van der Waals surface area contributed by atoms with E-state index in [2.05, 4.69) is 10.3 Å². The predicted octanol–water partition coefficient (Wildman–Crippen LogP) is 4.68. The molecule has 38 heavy (non-hydrogen) atoms. The van der Waals surface area contributed by atoms with Gasteiger partial charge in [0.15, 0.2) is 5.54 Å². The first-order chi connectivity index (χ1) is 18.2. The second-order valence-electron chi connectivity index (χ2n) is 8.88. The summed E-state index contributed by atoms with van der Waals surface area (Å²) in [6.45, 7) is -0.0177. The molecule has 0 aromatic heterocycles. The van der Waals surface area contributed by atoms with Gasteiger partial charge in [0.1, 0.15) is 18.2 Å². The van der Waals surface area contributed by atoms with Gasteiger partial charge in [-0.05, 0) is 53.6 Å². The third kappa shape index (κ3) is 6.69. The number of benzene rings is 3. The molecule has 1 amide bonds. The molecule has 1 aliphatic rings. The number of carbonyl (C=O) groups excluding carboxylic acids is 1. The smallest absolute Gasteiger partial charge is 0.416 e. The quantitative estimate of drug-likeness (QED) is 0.295. The Morgan fingerprint density at radius 3 is 2.47 bits per heavy atom. The van der Waals surface area contributed by atoms with E-state index in [9.17, 15) is 22.4 Å². The Morgan fingerprint density at radius 1 is 1.05 bits per heavy atom. The van der Waals surface area contributed by atoms with Gasteiger partial charge in [0.25, 0.3) is 5.91 Å². The first-order valence-electron chi connectivity index (χ1n) is 11.9. The number of aliphatic imine (C=N–C) groups is 1. The number of aliphatic hydroxyl groups excluding tert-OH is 1. The first-order valence-corrected chi connectivity index (χ1v) is 11.9. The van der Waals surface area contributed by atoms with E-state index in [1.807, 2.05) is 30.3 Å². The summed E-state index contributed by atoms with van der Waals surface area (Å²) < 4.78 is 64.5. The van der Waals surface area contributed by atoms with Crippen molar-refractivity contribution in [3.8, 4) is 5.75 Å². The Balaban J connectivity index is 1.56. The molecule has 0 saturated heterocycles. The highest BCUT2D eigenvalue weighted by molar-refractivity contribution is 6.00. The maximum atomic E-state index is 13.8. The largest absolute Gasteiger partial charge is 0.494 e. The Labute approximate surface area is 216 Å². The van der Waals surface area contributed by atoms with Crippen molar-refractivity contribution in [1.29, 1.82) is 0 Å². The molecule has 0 fully saturated rings. The van der Waals surface area contributed by atoms with Gasteiger partial charge in [-0.1, -0.05) is 30.3 Å². The molecule has 10 heteroatoms. The number of rotatable bonds is 10. The molecular weight excluding hydrogens is 504 g/mol. The van der Waals surface area contributed by atoms with E-state index in [-0.39, 0.29) is 37.6 Å². The molecule has 1 atom stereocenters. The number of aliphatic hydroxyl groups is 1. The Hall–Kier alpha value is -3.92. The Kier molecular flexibility index (Phi) is 8.31. The van der Waals surface area contributed by atoms with E-state index in [1.54, 1.807) is 24.3 Å². The van der Waals surface area contributed by atoms with E-state index >= 15 is 0 Å². The molecule has 1 aliphatic heterocycles. The summed E-state index contributed by atoms with van der Waals surface area (Å²) in [6.07, 6.45) is -4.03. The van der Waals surface area contributed by atoms with Crippen LogP contribution in [0, 0.1) is 5.82 Å². The molecular formula is C28H26F4N2O4. The molecule has 3 aromatic rings. The average molecular weight is 531 g/mol. The van der Waals surface area contributed by atoms with Gasteiger partial charge in [0.2, 0.25) is 5.90 Å². The van der Waals surface area contributed by atoms with Gasteiger partial charge in [0, 0.05) is 31.6 Å². The van der Waals surface area contributed by atoms with Crippen molar-refractivity contribution in [2.45, 2.75) is 31.1 Å². The van der Waals surface area contributed by atoms with Gasteiger partial charge in [-0.25, -0.2) is 9.38 Å². The molecule has 3 aromatic carbocycles. The van der Waals surface area contributed by atoms with Gasteiger partial charge >= 0.3 is 6.18 Å². The molecule has 0 aliphatic carbocycles. The van der Waals surface area contributed by atoms with Gasteiger partial charge in [0.05, 0.1) is 12.2 Å². The standard InChI is InChI=1S/C28H26F4N2O4/c29-23-14-20(13-22(15-23)28(30,31)32)17-33-26(36)27(16-19-5-2-1-3-6-19)18-38-25(34-27)21-7-9-24(10-8-21)37-12-4-11-35/h1-3,5-10,13-15,35H,4,11-12,16-18H2,(H,33,36)/t27-/m1/s1. The lowest BCUT2D eigenvalue weighted by Crippen LogP contribution is -2.48. The number of amides is 1. The van der Waals surface area contributed by atoms with E-state index < -0.39 is 29.0 Å². The number of nitrogens with zero attached hydrogens (tertiary/aromatic N) is 1. The molecule has 6 nitrogen and oxygen atoms in total. The first kappa shape index (κ1) is 27.1. The average Bonchev–Trinajstić information content (AvgIpc) is 3.33. The maximum Gasteiger partial charge on any atom is 0.416 e. The van der Waals surface area contributed by atoms with Crippen LogP contribution in [-0.2, 0) is 28.7 Å². The molecule has 1 heterocycles. The van der Waals surface area contributed by atoms with Gasteiger partial charge in [-0.3, -0.25) is 4.79 Å². The zero-order valence-electron chi connectivity index (χ0n) is 20.3. The summed E-state index contributed by atoms with van der Waals surface area (Å²) in [7, 11) is 0. The number of carbonyl (C=O) groups is 1. The van der Waals surface area contributed by atoms with Crippen LogP contribution >= 0.6 is 0 Å². The maximum absolute atomic E-state index is 13.8. The van der Waals surface area contributed by atoms with Crippen molar-refractivity contribution in [2.75, 3.05) is 19.8 Å². The van der Waals surface area contributed by atoms with Gasteiger partial charge in [-0.15, -0.1) is 0 Å². The monoisotopic (exact) mass is 530 g/mol. The molecule has 0 spiro atoms. The molecule has 0 saturated carbocycles. The molecule has 2 N–H and O–H groups in total. The number of hydrogen-bond donors (Lipinski definition) is 2. The Bertz CT molecular complexity index is 1280. The zero-order valence-corrected chi connectivity index (χ0v) is 20.3. The number of alkyl halides is 3. The molecule has 4 rings (SSSR count). The van der Waals surface area contributed by atoms with Crippen LogP contribution in [0.25, 0.3) is 0 Å². The lowest BCUT2D eigenvalue weighted by Gasteiger charge is -2.23. The molecule has 0 bridgehead atoms. The van der Waals surface area contributed by atoms with Crippen molar-refractivity contribution < 1.29 is 36.9 Å². The highest BCUT2D eigenvalue weighted by atomic mass is 19.4. The number of nitrogens with one attached hydrogen (secondary N) is 1. The fourth-order valence-electron chi connectivity index (χ4n) is 4.03. The summed E-state index contributed by atoms with van der Waals surface area (Å²) in [5.41, 5.74) is -1.11. The minimum atomic E-state index is -4.71. The summed E-state index contributed by atoms with van der Waals surface area (Å²) in [5.74, 6) is -0.764. The van der Waals surface area contributed by atoms with E-state index in [4.69, 9.17) is 14.6 Å². The summed E-state index contributed by atoms with van der Waals surface area (Å²) in [4.78, 5) is 18.1. The van der Waals surface area contributed by atoms with E-state index in [1.165, 1.54) is 0 Å². The summed E-state index contributed by atoms with van der Waals surface area (Å²) in [6, 6.07) is 18.2. The fourth-order valence-corrected chi connectivity index (χ4v) is 4.03. The number of ether oxygens (including phenoxy) is 2. The highest BCUT2D eigenvalue weighted by Gasteiger charge is 2.44. The predicted molar refractivity (Wildman–Crippen MR) is 132 cm³/mol. The van der Waals surface area contributed by atoms with Crippen LogP contribution in [0.4, 0.5) is 17.6 Å². The summed E-state index contributed by atoms with van der Waals surface area (Å²) >= 11 is 0. The van der Waals surface area contributed by atoms with Crippen LogP contribution in [0.5, 0.6) is 5.75 Å². The van der Waals surface area contributed by atoms with Crippen molar-refractivity contribution in [1.82, 2.24) is 5.32 Å². The van der Waals surface area contributed by atoms with Crippen LogP contribution in [0.15, 0.2) is 77.8 Å². The van der Waals surface area contributed by atoms with Crippen LogP contribution in [0.3, 0.4) is 0 Å². The topological polar surface area (TPSA) is 80.2 Å². The van der Waals surface area contributed by atoms with Crippen molar-refractivity contribution in [3.63, 3.8) is 0 Å². The fraction of sp³-hybridized carbons (Fsp3) is 0.286. The third-order valence-corrected chi connectivity index (χ3v) is 5.94. The van der Waals surface area contributed by atoms with Crippen LogP contribution in [-0.4, -0.2) is 42.3 Å². The van der Waals surface area contributed by atoms with Gasteiger partial charge < -0.3 is 19.9 Å². The molecule has 0 radical (unpaired) electrons. The number of halogens is 4. The minimum Gasteiger partial charge on any atom is -0.494 e. The zero-order chi connectivity index (χ0) is 27.2. The minimum absolute atomic E-state index is 0.0248. The van der Waals surface area contributed by atoms with Gasteiger partial charge in [-0.2, -0.15) is 13.2 Å². The van der Waals surface area contributed by atoms with Crippen LogP contribution in [0.2, 0.25) is 0 Å². The lowest BCUT2D eigenvalue weighted by atomic mass is 9.91. The lowest BCUT2D eigenvalue weighted by molar-refractivity contribution is -0.137. The Morgan fingerprint density at radius 2 is 1.79 bits per heavy atom. The summed E-state index contributed by atoms with van der Waals surface area (Å²) in [5, 5.41) is 11.5. The second kappa shape index (κ2) is 11.6. The number of hydrogen-bond acceptors (Lipinski definition) is 5. The second-order valence-corrected chi connectivity index (χ2v) is 8.88. The third-order valence-electron chi connectivity index (χ3n) is 5.94. The van der Waals surface area contributed by atoms with Crippen LogP contribution in [0.1, 0.15) is 28.7 Å². The van der Waals surface area contributed by atoms with E-state index in [0.717, 1.165) is 17.7 Å². The van der Waals surface area contributed by atoms with E-state index in [0.29, 0.717) is 30.4 Å². The molecule has 200 valence electrons. The molecule has 0 unspecified atom stereocenters. The van der Waals surface area contributed by atoms with Crippen molar-refractivity contribution >= 4 is 11.8 Å².